The van der Waals surface area contributed by atoms with E-state index in [1.807, 2.05) is 36.4 Å². The topological polar surface area (TPSA) is 151 Å². The van der Waals surface area contributed by atoms with Crippen LogP contribution in [0.2, 0.25) is 0 Å². The van der Waals surface area contributed by atoms with Crippen LogP contribution in [0.25, 0.3) is 11.1 Å². The second-order valence-electron chi connectivity index (χ2n) is 12.3. The molecule has 2 fully saturated rings. The SMILES string of the molecule is O=C1C[C@@H](CC[C@H](O)c2ccc(F)cc2)[C@@H](c2ccc(-c3ccc(C4O[C@H](CO)[C@@H](O)[C@H](O)[C@H]4O)cc3)cc2O)N1c1ccccc1. The average Bonchev–Trinajstić information content (AvgIpc) is 3.42. The number of carbonyl (C=O) groups excluding carboxylic acids is 1. The zero-order chi connectivity index (χ0) is 33.2. The maximum Gasteiger partial charge on any atom is 0.227 e. The minimum atomic E-state index is -1.48. The number of para-hydroxylation sites is 1. The lowest BCUT2D eigenvalue weighted by Crippen LogP contribution is -2.55. The van der Waals surface area contributed by atoms with Gasteiger partial charge >= 0.3 is 0 Å². The summed E-state index contributed by atoms with van der Waals surface area (Å²) in [5.41, 5.74) is 3.86. The summed E-state index contributed by atoms with van der Waals surface area (Å²) in [5.74, 6) is -0.683. The molecule has 0 saturated carbocycles. The third kappa shape index (κ3) is 6.66. The highest BCUT2D eigenvalue weighted by atomic mass is 19.1. The molecule has 6 N–H and O–H groups in total. The fourth-order valence-corrected chi connectivity index (χ4v) is 6.79. The number of anilines is 1. The summed E-state index contributed by atoms with van der Waals surface area (Å²) in [5, 5.41) is 62.6. The summed E-state index contributed by atoms with van der Waals surface area (Å²) < 4.78 is 19.1. The molecule has 4 aromatic carbocycles. The predicted molar refractivity (Wildman–Crippen MR) is 172 cm³/mol. The van der Waals surface area contributed by atoms with Crippen LogP contribution in [0, 0.1) is 11.7 Å². The molecule has 6 rings (SSSR count). The number of ether oxygens (including phenoxy) is 1. The van der Waals surface area contributed by atoms with Crippen LogP contribution in [0.3, 0.4) is 0 Å². The van der Waals surface area contributed by atoms with Gasteiger partial charge in [-0.3, -0.25) is 4.79 Å². The van der Waals surface area contributed by atoms with Crippen LogP contribution < -0.4 is 4.90 Å². The van der Waals surface area contributed by atoms with E-state index in [2.05, 4.69) is 0 Å². The lowest BCUT2D eigenvalue weighted by atomic mass is 9.86. The lowest BCUT2D eigenvalue weighted by molar-refractivity contribution is -0.231. The number of aliphatic hydroxyl groups is 5. The van der Waals surface area contributed by atoms with E-state index in [1.54, 1.807) is 53.4 Å². The normalized spacial score (nSPS) is 26.8. The summed E-state index contributed by atoms with van der Waals surface area (Å²) in [6.45, 7) is -0.519. The van der Waals surface area contributed by atoms with Crippen molar-refractivity contribution < 1.29 is 44.6 Å². The Bertz CT molecular complexity index is 1670. The molecule has 9 nitrogen and oxygen atoms in total. The van der Waals surface area contributed by atoms with Crippen molar-refractivity contribution >= 4 is 11.6 Å². The molecule has 4 aromatic rings. The fraction of sp³-hybridized carbons (Fsp3) is 0.324. The van der Waals surface area contributed by atoms with Gasteiger partial charge in [-0.1, -0.05) is 66.7 Å². The van der Waals surface area contributed by atoms with Gasteiger partial charge in [0.1, 0.15) is 42.1 Å². The number of benzene rings is 4. The van der Waals surface area contributed by atoms with Gasteiger partial charge in [0, 0.05) is 17.7 Å². The number of nitrogens with zero attached hydrogens (tertiary/aromatic N) is 1. The molecule has 2 saturated heterocycles. The van der Waals surface area contributed by atoms with Crippen LogP contribution in [-0.4, -0.2) is 67.6 Å². The molecular formula is C37H38FNO8. The van der Waals surface area contributed by atoms with Gasteiger partial charge in [-0.15, -0.1) is 0 Å². The van der Waals surface area contributed by atoms with E-state index < -0.39 is 49.3 Å². The number of phenols is 1. The van der Waals surface area contributed by atoms with Crippen LogP contribution >= 0.6 is 0 Å². The minimum Gasteiger partial charge on any atom is -0.508 e. The Kier molecular flexibility index (Phi) is 9.70. The van der Waals surface area contributed by atoms with Crippen LogP contribution in [-0.2, 0) is 9.53 Å². The summed E-state index contributed by atoms with van der Waals surface area (Å²) in [7, 11) is 0. The standard InChI is InChI=1S/C37H38FNO8/c38-26-14-10-22(11-15-26)29(41)17-13-25-19-32(43)39(27-4-2-1-3-5-27)33(25)28-16-12-24(18-30(28)42)21-6-8-23(9-7-21)37-36(46)35(45)34(44)31(20-40)47-37/h1-12,14-16,18,25,29,31,33-37,40-42,44-46H,13,17,19-20H2/t25-,29+,31-,33+,34-,35+,36-,37?/m1/s1. The molecule has 0 spiro atoms. The van der Waals surface area contributed by atoms with Gasteiger partial charge in [-0.2, -0.15) is 0 Å². The zero-order valence-corrected chi connectivity index (χ0v) is 25.5. The number of amides is 1. The molecule has 246 valence electrons. The number of hydrogen-bond acceptors (Lipinski definition) is 8. The van der Waals surface area contributed by atoms with Gasteiger partial charge in [-0.05, 0) is 71.3 Å². The van der Waals surface area contributed by atoms with Gasteiger partial charge in [0.15, 0.2) is 0 Å². The van der Waals surface area contributed by atoms with E-state index in [1.165, 1.54) is 12.1 Å². The van der Waals surface area contributed by atoms with E-state index >= 15 is 0 Å². The van der Waals surface area contributed by atoms with Crippen LogP contribution in [0.4, 0.5) is 10.1 Å². The van der Waals surface area contributed by atoms with E-state index in [9.17, 15) is 39.8 Å². The third-order valence-corrected chi connectivity index (χ3v) is 9.34. The molecule has 0 radical (unpaired) electrons. The largest absolute Gasteiger partial charge is 0.508 e. The Morgan fingerprint density at radius 3 is 2.19 bits per heavy atom. The smallest absolute Gasteiger partial charge is 0.227 e. The quantitative estimate of drug-likeness (QED) is 0.158. The second kappa shape index (κ2) is 13.9. The monoisotopic (exact) mass is 643 g/mol. The first-order valence-corrected chi connectivity index (χ1v) is 15.7. The highest BCUT2D eigenvalue weighted by Crippen LogP contribution is 2.47. The summed E-state index contributed by atoms with van der Waals surface area (Å²) in [6, 6.07) is 26.8. The maximum atomic E-state index is 13.5. The highest BCUT2D eigenvalue weighted by molar-refractivity contribution is 5.97. The second-order valence-corrected chi connectivity index (χ2v) is 12.3. The molecular weight excluding hydrogens is 605 g/mol. The van der Waals surface area contributed by atoms with Gasteiger partial charge in [0.2, 0.25) is 5.91 Å². The molecule has 0 aliphatic carbocycles. The zero-order valence-electron chi connectivity index (χ0n) is 25.5. The van der Waals surface area contributed by atoms with Crippen LogP contribution in [0.5, 0.6) is 5.75 Å². The number of carbonyl (C=O) groups is 1. The summed E-state index contributed by atoms with van der Waals surface area (Å²) in [6.07, 6.45) is -6.07. The highest BCUT2D eigenvalue weighted by Gasteiger charge is 2.44. The molecule has 8 atom stereocenters. The molecule has 2 aliphatic heterocycles. The summed E-state index contributed by atoms with van der Waals surface area (Å²) in [4.78, 5) is 15.2. The van der Waals surface area contributed by atoms with Crippen molar-refractivity contribution in [2.45, 2.75) is 61.9 Å². The first-order chi connectivity index (χ1) is 22.7. The number of halogens is 1. The lowest BCUT2D eigenvalue weighted by Gasteiger charge is -2.40. The molecule has 10 heteroatoms. The van der Waals surface area contributed by atoms with Gasteiger partial charge in [0.25, 0.3) is 0 Å². The maximum absolute atomic E-state index is 13.5. The predicted octanol–water partition coefficient (Wildman–Crippen LogP) is 4.32. The Hall–Kier alpha value is -4.16. The van der Waals surface area contributed by atoms with Crippen molar-refractivity contribution in [1.29, 1.82) is 0 Å². The number of aromatic hydroxyl groups is 1. The molecule has 1 unspecified atom stereocenters. The van der Waals surface area contributed by atoms with Crippen molar-refractivity contribution in [3.63, 3.8) is 0 Å². The Morgan fingerprint density at radius 2 is 1.53 bits per heavy atom. The molecule has 0 aromatic heterocycles. The van der Waals surface area contributed by atoms with E-state index in [0.29, 0.717) is 40.8 Å². The van der Waals surface area contributed by atoms with Crippen molar-refractivity contribution in [3.8, 4) is 16.9 Å². The van der Waals surface area contributed by atoms with E-state index in [-0.39, 0.29) is 29.8 Å². The molecule has 0 bridgehead atoms. The van der Waals surface area contributed by atoms with Crippen LogP contribution in [0.1, 0.15) is 54.2 Å². The van der Waals surface area contributed by atoms with Crippen molar-refractivity contribution in [3.05, 3.63) is 120 Å². The van der Waals surface area contributed by atoms with E-state index in [0.717, 1.165) is 5.56 Å². The third-order valence-electron chi connectivity index (χ3n) is 9.34. The Morgan fingerprint density at radius 1 is 0.851 bits per heavy atom. The van der Waals surface area contributed by atoms with Crippen molar-refractivity contribution in [2.75, 3.05) is 11.5 Å². The molecule has 2 aliphatic rings. The molecule has 1 amide bonds. The fourth-order valence-electron chi connectivity index (χ4n) is 6.79. The van der Waals surface area contributed by atoms with Gasteiger partial charge in [0.05, 0.1) is 18.8 Å². The van der Waals surface area contributed by atoms with Crippen LogP contribution in [0.15, 0.2) is 97.1 Å². The number of hydrogen-bond donors (Lipinski definition) is 6. The first-order valence-electron chi connectivity index (χ1n) is 15.7. The van der Waals surface area contributed by atoms with Gasteiger partial charge < -0.3 is 40.3 Å². The molecule has 2 heterocycles. The molecule has 47 heavy (non-hydrogen) atoms. The van der Waals surface area contributed by atoms with Crippen molar-refractivity contribution in [2.24, 2.45) is 5.92 Å². The number of aliphatic hydroxyl groups excluding tert-OH is 5. The number of phenolic OH excluding ortho intramolecular Hbond substituents is 1. The van der Waals surface area contributed by atoms with Crippen molar-refractivity contribution in [1.82, 2.24) is 0 Å². The summed E-state index contributed by atoms with van der Waals surface area (Å²) >= 11 is 0. The number of rotatable bonds is 9. The van der Waals surface area contributed by atoms with E-state index in [4.69, 9.17) is 4.74 Å². The Labute approximate surface area is 271 Å². The Balaban J connectivity index is 1.25. The minimum absolute atomic E-state index is 0.00484. The first kappa shape index (κ1) is 32.8. The average molecular weight is 644 g/mol. The van der Waals surface area contributed by atoms with Gasteiger partial charge in [-0.25, -0.2) is 4.39 Å².